The highest BCUT2D eigenvalue weighted by atomic mass is 16.7. The summed E-state index contributed by atoms with van der Waals surface area (Å²) in [7, 11) is 0. The maximum absolute atomic E-state index is 6.72. The molecule has 1 aliphatic rings. The first-order valence-electron chi connectivity index (χ1n) is 22.1. The van der Waals surface area contributed by atoms with Gasteiger partial charge >= 0.3 is 0 Å². The first-order chi connectivity index (χ1) is 26.7. The standard InChI is InChI=1S/C49H82O8/c1-16-46(12,29-36(6)51-33-44-34-52-44)54-38(8)31-48(14,18-3)56-42-25-21-40(22-26-42)45(10,11)41-23-27-43(28-24-41)57-49(15,19-4)32-39(9)55-47(13,17-2)30-37(7)53-35-50-20-5/h21-28,36-39,44H,16-20,29-35H2,1-15H3. The van der Waals surface area contributed by atoms with Gasteiger partial charge in [-0.3, -0.25) is 0 Å². The summed E-state index contributed by atoms with van der Waals surface area (Å²) in [5.74, 6) is 1.74. The van der Waals surface area contributed by atoms with Crippen LogP contribution in [-0.2, 0) is 33.8 Å². The summed E-state index contributed by atoms with van der Waals surface area (Å²) in [5, 5.41) is 0. The summed E-state index contributed by atoms with van der Waals surface area (Å²) in [6.45, 7) is 35.0. The maximum Gasteiger partial charge on any atom is 0.147 e. The summed E-state index contributed by atoms with van der Waals surface area (Å²) >= 11 is 0. The topological polar surface area (TPSA) is 77.1 Å². The molecule has 0 N–H and O–H groups in total. The SMILES string of the molecule is CCOCOC(C)CC(C)(CC)OC(C)CC(C)(CC)Oc1ccc(C(C)(C)c2ccc(OC(C)(CC)CC(C)OC(C)(CC)CC(C)OCC3CO3)cc2)cc1. The molecular weight excluding hydrogens is 717 g/mol. The van der Waals surface area contributed by atoms with Gasteiger partial charge in [-0.25, -0.2) is 0 Å². The summed E-state index contributed by atoms with van der Waals surface area (Å²) in [6.07, 6.45) is 7.24. The minimum atomic E-state index is -0.372. The van der Waals surface area contributed by atoms with E-state index >= 15 is 0 Å². The minimum absolute atomic E-state index is 0.0138. The van der Waals surface area contributed by atoms with Gasteiger partial charge in [0.05, 0.1) is 48.8 Å². The van der Waals surface area contributed by atoms with Gasteiger partial charge in [-0.2, -0.15) is 0 Å². The highest BCUT2D eigenvalue weighted by molar-refractivity contribution is 5.42. The van der Waals surface area contributed by atoms with Crippen LogP contribution in [0.4, 0.5) is 0 Å². The van der Waals surface area contributed by atoms with E-state index in [1.807, 2.05) is 6.92 Å². The van der Waals surface area contributed by atoms with E-state index in [2.05, 4.69) is 145 Å². The largest absolute Gasteiger partial charge is 0.487 e. The second-order valence-corrected chi connectivity index (χ2v) is 18.5. The van der Waals surface area contributed by atoms with Crippen molar-refractivity contribution < 1.29 is 37.9 Å². The second-order valence-electron chi connectivity index (χ2n) is 18.5. The van der Waals surface area contributed by atoms with Crippen LogP contribution in [0, 0.1) is 0 Å². The zero-order valence-corrected chi connectivity index (χ0v) is 38.8. The van der Waals surface area contributed by atoms with E-state index in [0.717, 1.165) is 69.5 Å². The van der Waals surface area contributed by atoms with Crippen molar-refractivity contribution in [2.45, 2.75) is 214 Å². The Kier molecular flexibility index (Phi) is 18.9. The Bertz CT molecular complexity index is 1430. The van der Waals surface area contributed by atoms with Crippen molar-refractivity contribution in [3.8, 4) is 11.5 Å². The molecule has 2 aromatic rings. The lowest BCUT2D eigenvalue weighted by Gasteiger charge is -2.38. The molecule has 1 fully saturated rings. The van der Waals surface area contributed by atoms with Crippen LogP contribution in [-0.4, -0.2) is 79.5 Å². The Balaban J connectivity index is 1.59. The summed E-state index contributed by atoms with van der Waals surface area (Å²) in [5.41, 5.74) is 0.936. The van der Waals surface area contributed by atoms with Crippen molar-refractivity contribution in [1.29, 1.82) is 0 Å². The summed E-state index contributed by atoms with van der Waals surface area (Å²) in [6, 6.07) is 17.2. The lowest BCUT2D eigenvalue weighted by atomic mass is 9.78. The van der Waals surface area contributed by atoms with Crippen molar-refractivity contribution in [1.82, 2.24) is 0 Å². The van der Waals surface area contributed by atoms with Gasteiger partial charge in [0, 0.05) is 37.7 Å². The number of epoxide rings is 1. The number of hydrogen-bond acceptors (Lipinski definition) is 8. The van der Waals surface area contributed by atoms with Crippen molar-refractivity contribution >= 4 is 0 Å². The highest BCUT2D eigenvalue weighted by Gasteiger charge is 2.36. The molecule has 0 radical (unpaired) electrons. The van der Waals surface area contributed by atoms with Crippen LogP contribution in [0.25, 0.3) is 0 Å². The van der Waals surface area contributed by atoms with E-state index in [-0.39, 0.29) is 58.3 Å². The van der Waals surface area contributed by atoms with Crippen LogP contribution in [0.1, 0.15) is 166 Å². The number of hydrogen-bond donors (Lipinski definition) is 0. The smallest absolute Gasteiger partial charge is 0.147 e. The minimum Gasteiger partial charge on any atom is -0.487 e. The Labute approximate surface area is 348 Å². The van der Waals surface area contributed by atoms with E-state index in [9.17, 15) is 0 Å². The van der Waals surface area contributed by atoms with Gasteiger partial charge in [0.15, 0.2) is 0 Å². The van der Waals surface area contributed by atoms with E-state index in [1.165, 1.54) is 11.1 Å². The molecule has 8 nitrogen and oxygen atoms in total. The zero-order chi connectivity index (χ0) is 42.5. The second kappa shape index (κ2) is 21.9. The van der Waals surface area contributed by atoms with Gasteiger partial charge in [-0.15, -0.1) is 0 Å². The van der Waals surface area contributed by atoms with Gasteiger partial charge in [0.1, 0.15) is 35.6 Å². The predicted octanol–water partition coefficient (Wildman–Crippen LogP) is 12.0. The van der Waals surface area contributed by atoms with Gasteiger partial charge in [0.2, 0.25) is 0 Å². The molecule has 0 aromatic heterocycles. The summed E-state index contributed by atoms with van der Waals surface area (Å²) in [4.78, 5) is 0. The van der Waals surface area contributed by atoms with Crippen LogP contribution in [0.5, 0.6) is 11.5 Å². The maximum atomic E-state index is 6.72. The third-order valence-corrected chi connectivity index (χ3v) is 12.3. The van der Waals surface area contributed by atoms with Crippen molar-refractivity contribution in [3.63, 3.8) is 0 Å². The fourth-order valence-corrected chi connectivity index (χ4v) is 7.97. The predicted molar refractivity (Wildman–Crippen MR) is 233 cm³/mol. The lowest BCUT2D eigenvalue weighted by Crippen LogP contribution is -2.41. The van der Waals surface area contributed by atoms with Crippen LogP contribution >= 0.6 is 0 Å². The molecule has 57 heavy (non-hydrogen) atoms. The van der Waals surface area contributed by atoms with Crippen LogP contribution in [0.2, 0.25) is 0 Å². The van der Waals surface area contributed by atoms with Gasteiger partial charge in [-0.1, -0.05) is 65.8 Å². The molecule has 1 saturated heterocycles. The van der Waals surface area contributed by atoms with Crippen LogP contribution in [0.3, 0.4) is 0 Å². The van der Waals surface area contributed by atoms with Crippen molar-refractivity contribution in [3.05, 3.63) is 59.7 Å². The molecule has 2 aromatic carbocycles. The molecule has 0 aliphatic carbocycles. The Morgan fingerprint density at radius 2 is 0.912 bits per heavy atom. The Morgan fingerprint density at radius 3 is 1.26 bits per heavy atom. The fourth-order valence-electron chi connectivity index (χ4n) is 7.97. The third-order valence-electron chi connectivity index (χ3n) is 12.3. The van der Waals surface area contributed by atoms with Gasteiger partial charge in [0.25, 0.3) is 0 Å². The average molecular weight is 799 g/mol. The monoisotopic (exact) mass is 799 g/mol. The lowest BCUT2D eigenvalue weighted by molar-refractivity contribution is -0.141. The average Bonchev–Trinajstić information content (AvgIpc) is 3.99. The van der Waals surface area contributed by atoms with E-state index in [0.29, 0.717) is 20.0 Å². The molecule has 1 heterocycles. The van der Waals surface area contributed by atoms with E-state index < -0.39 is 0 Å². The first kappa shape index (κ1) is 49.2. The number of benzene rings is 2. The molecule has 8 heteroatoms. The molecule has 3 rings (SSSR count). The van der Waals surface area contributed by atoms with Gasteiger partial charge in [-0.05, 0) is 123 Å². The quantitative estimate of drug-likeness (QED) is 0.0457. The molecule has 9 atom stereocenters. The molecular formula is C49H82O8. The molecule has 0 spiro atoms. The molecule has 0 bridgehead atoms. The first-order valence-corrected chi connectivity index (χ1v) is 22.1. The van der Waals surface area contributed by atoms with E-state index in [4.69, 9.17) is 37.9 Å². The molecule has 0 amide bonds. The summed E-state index contributed by atoms with van der Waals surface area (Å²) < 4.78 is 49.4. The van der Waals surface area contributed by atoms with Crippen LogP contribution in [0.15, 0.2) is 48.5 Å². The molecule has 326 valence electrons. The Morgan fingerprint density at radius 1 is 0.544 bits per heavy atom. The third kappa shape index (κ3) is 16.1. The van der Waals surface area contributed by atoms with Crippen LogP contribution < -0.4 is 9.47 Å². The Hall–Kier alpha value is -2.20. The van der Waals surface area contributed by atoms with Crippen molar-refractivity contribution in [2.75, 3.05) is 26.6 Å². The molecule has 0 saturated carbocycles. The van der Waals surface area contributed by atoms with Gasteiger partial charge < -0.3 is 37.9 Å². The number of rotatable bonds is 29. The van der Waals surface area contributed by atoms with E-state index in [1.54, 1.807) is 0 Å². The normalized spacial score (nSPS) is 20.9. The zero-order valence-electron chi connectivity index (χ0n) is 38.8. The fraction of sp³-hybridized carbons (Fsp3) is 0.755. The number of ether oxygens (including phenoxy) is 8. The highest BCUT2D eigenvalue weighted by Crippen LogP contribution is 2.37. The molecule has 1 aliphatic heterocycles. The molecule has 9 unspecified atom stereocenters. The van der Waals surface area contributed by atoms with Crippen molar-refractivity contribution in [2.24, 2.45) is 0 Å².